The average molecular weight is 280 g/mol. The molecule has 2 aliphatic carbocycles. The van der Waals surface area contributed by atoms with Crippen LogP contribution in [0.5, 0.6) is 0 Å². The van der Waals surface area contributed by atoms with E-state index in [1.807, 2.05) is 20.2 Å². The summed E-state index contributed by atoms with van der Waals surface area (Å²) >= 11 is 0. The van der Waals surface area contributed by atoms with Gasteiger partial charge < -0.3 is 9.22 Å². The standard InChI is InChI=1S/C17H30NO2/c1-7-10-18(5,6)12-15(19)20-14-11-13-8-9-17(14,4)16(13,2)3/h7,13-14H,1,8-12H2,2-6H3/q+1/t13-,14+,17-/m0/s1. The highest BCUT2D eigenvalue weighted by Gasteiger charge is 2.62. The Bertz CT molecular complexity index is 413. The second kappa shape index (κ2) is 4.87. The van der Waals surface area contributed by atoms with Crippen LogP contribution in [0.25, 0.3) is 0 Å². The van der Waals surface area contributed by atoms with Gasteiger partial charge >= 0.3 is 5.97 Å². The third-order valence-electron chi connectivity index (χ3n) is 6.17. The maximum Gasteiger partial charge on any atom is 0.362 e. The van der Waals surface area contributed by atoms with Crippen LogP contribution in [0, 0.1) is 16.7 Å². The first-order valence-electron chi connectivity index (χ1n) is 7.75. The lowest BCUT2D eigenvalue weighted by Crippen LogP contribution is -2.46. The van der Waals surface area contributed by atoms with Crippen molar-refractivity contribution in [3.8, 4) is 0 Å². The van der Waals surface area contributed by atoms with Gasteiger partial charge in [-0.1, -0.05) is 27.4 Å². The van der Waals surface area contributed by atoms with Gasteiger partial charge in [-0.25, -0.2) is 4.79 Å². The van der Waals surface area contributed by atoms with Crippen LogP contribution in [0.3, 0.4) is 0 Å². The Labute approximate surface area is 123 Å². The zero-order valence-corrected chi connectivity index (χ0v) is 13.7. The van der Waals surface area contributed by atoms with Crippen LogP contribution in [-0.2, 0) is 9.53 Å². The number of nitrogens with zero attached hydrogens (tertiary/aromatic N) is 1. The molecule has 3 atom stereocenters. The maximum absolute atomic E-state index is 12.2. The molecule has 0 N–H and O–H groups in total. The number of carbonyl (C=O) groups excluding carboxylic acids is 1. The molecule has 0 saturated heterocycles. The monoisotopic (exact) mass is 280 g/mol. The number of esters is 1. The largest absolute Gasteiger partial charge is 0.458 e. The SMILES string of the molecule is C=CC[N+](C)(C)CC(=O)O[C@@H]1C[C@@H]2CC[C@]1(C)C2(C)C. The van der Waals surface area contributed by atoms with Crippen molar-refractivity contribution in [1.82, 2.24) is 0 Å². The minimum absolute atomic E-state index is 0.0635. The Morgan fingerprint density at radius 1 is 1.40 bits per heavy atom. The highest BCUT2D eigenvalue weighted by Crippen LogP contribution is 2.66. The number of quaternary nitrogens is 1. The van der Waals surface area contributed by atoms with Gasteiger partial charge in [0.1, 0.15) is 6.10 Å². The average Bonchev–Trinajstić information content (AvgIpc) is 2.60. The number of ether oxygens (including phenoxy) is 1. The van der Waals surface area contributed by atoms with Gasteiger partial charge in [0.2, 0.25) is 0 Å². The molecular weight excluding hydrogens is 250 g/mol. The van der Waals surface area contributed by atoms with Crippen molar-refractivity contribution < 1.29 is 14.0 Å². The van der Waals surface area contributed by atoms with E-state index in [0.717, 1.165) is 13.0 Å². The molecule has 0 aromatic heterocycles. The first-order chi connectivity index (χ1) is 9.12. The highest BCUT2D eigenvalue weighted by molar-refractivity contribution is 5.71. The Morgan fingerprint density at radius 2 is 2.05 bits per heavy atom. The molecule has 2 fully saturated rings. The molecule has 20 heavy (non-hydrogen) atoms. The van der Waals surface area contributed by atoms with Crippen molar-refractivity contribution in [2.45, 2.75) is 46.1 Å². The predicted octanol–water partition coefficient (Wildman–Crippen LogP) is 3.01. The van der Waals surface area contributed by atoms with Crippen molar-refractivity contribution in [2.75, 3.05) is 27.2 Å². The molecule has 3 heteroatoms. The minimum Gasteiger partial charge on any atom is -0.458 e. The van der Waals surface area contributed by atoms with E-state index >= 15 is 0 Å². The summed E-state index contributed by atoms with van der Waals surface area (Å²) in [4.78, 5) is 12.2. The number of fused-ring (bicyclic) bond motifs is 2. The fraction of sp³-hybridized carbons (Fsp3) is 0.824. The summed E-state index contributed by atoms with van der Waals surface area (Å²) in [5.41, 5.74) is 0.451. The first-order valence-corrected chi connectivity index (χ1v) is 7.75. The lowest BCUT2D eigenvalue weighted by molar-refractivity contribution is -0.877. The Hall–Kier alpha value is -0.830. The molecule has 0 unspecified atom stereocenters. The van der Waals surface area contributed by atoms with Crippen LogP contribution in [0.4, 0.5) is 0 Å². The lowest BCUT2D eigenvalue weighted by Gasteiger charge is -2.38. The van der Waals surface area contributed by atoms with Crippen LogP contribution in [0.1, 0.15) is 40.0 Å². The zero-order chi connectivity index (χ0) is 15.2. The number of hydrogen-bond acceptors (Lipinski definition) is 2. The van der Waals surface area contributed by atoms with Crippen molar-refractivity contribution in [2.24, 2.45) is 16.7 Å². The van der Waals surface area contributed by atoms with E-state index in [2.05, 4.69) is 27.4 Å². The number of likely N-dealkylation sites (N-methyl/N-ethyl adjacent to an activating group) is 1. The van der Waals surface area contributed by atoms with Crippen molar-refractivity contribution in [3.05, 3.63) is 12.7 Å². The second-order valence-corrected chi connectivity index (χ2v) is 8.15. The minimum atomic E-state index is -0.0635. The molecule has 0 aromatic carbocycles. The molecule has 0 spiro atoms. The predicted molar refractivity (Wildman–Crippen MR) is 81.1 cm³/mol. The molecule has 0 radical (unpaired) electrons. The highest BCUT2D eigenvalue weighted by atomic mass is 16.5. The van der Waals surface area contributed by atoms with Gasteiger partial charge in [0.15, 0.2) is 6.54 Å². The number of carbonyl (C=O) groups is 1. The van der Waals surface area contributed by atoms with Gasteiger partial charge in [-0.2, -0.15) is 0 Å². The van der Waals surface area contributed by atoms with Crippen LogP contribution in [0.15, 0.2) is 12.7 Å². The second-order valence-electron chi connectivity index (χ2n) is 8.15. The summed E-state index contributed by atoms with van der Waals surface area (Å²) in [6.07, 6.45) is 5.48. The Morgan fingerprint density at radius 3 is 2.50 bits per heavy atom. The summed E-state index contributed by atoms with van der Waals surface area (Å²) in [6.45, 7) is 11.9. The normalized spacial score (nSPS) is 35.0. The summed E-state index contributed by atoms with van der Waals surface area (Å²) in [5.74, 6) is 0.646. The molecular formula is C17H30NO2+. The van der Waals surface area contributed by atoms with Crippen molar-refractivity contribution in [1.29, 1.82) is 0 Å². The molecule has 114 valence electrons. The molecule has 0 aromatic rings. The lowest BCUT2D eigenvalue weighted by atomic mass is 9.70. The van der Waals surface area contributed by atoms with Gasteiger partial charge in [-0.05, 0) is 36.7 Å². The maximum atomic E-state index is 12.2. The summed E-state index contributed by atoms with van der Waals surface area (Å²) < 4.78 is 6.49. The summed E-state index contributed by atoms with van der Waals surface area (Å²) in [7, 11) is 4.07. The number of rotatable bonds is 5. The van der Waals surface area contributed by atoms with Gasteiger partial charge in [0.25, 0.3) is 0 Å². The van der Waals surface area contributed by atoms with Crippen LogP contribution >= 0.6 is 0 Å². The molecule has 2 saturated carbocycles. The fourth-order valence-electron chi connectivity index (χ4n) is 4.27. The van der Waals surface area contributed by atoms with Gasteiger partial charge in [0, 0.05) is 5.41 Å². The molecule has 0 amide bonds. The topological polar surface area (TPSA) is 26.3 Å². The first kappa shape index (κ1) is 15.6. The van der Waals surface area contributed by atoms with Gasteiger partial charge in [0.05, 0.1) is 20.6 Å². The molecule has 0 heterocycles. The van der Waals surface area contributed by atoms with Crippen LogP contribution in [0.2, 0.25) is 0 Å². The van der Waals surface area contributed by atoms with E-state index in [1.165, 1.54) is 12.8 Å². The van der Waals surface area contributed by atoms with E-state index in [4.69, 9.17) is 4.74 Å². The third kappa shape index (κ3) is 2.41. The smallest absolute Gasteiger partial charge is 0.362 e. The van der Waals surface area contributed by atoms with E-state index in [1.54, 1.807) is 0 Å². The Kier molecular flexibility index (Phi) is 3.79. The third-order valence-corrected chi connectivity index (χ3v) is 6.17. The zero-order valence-electron chi connectivity index (χ0n) is 13.7. The molecule has 3 nitrogen and oxygen atoms in total. The van der Waals surface area contributed by atoms with Crippen molar-refractivity contribution >= 4 is 5.97 Å². The van der Waals surface area contributed by atoms with Gasteiger partial charge in [-0.3, -0.25) is 0 Å². The summed E-state index contributed by atoms with van der Waals surface area (Å²) in [5, 5.41) is 0. The molecule has 0 aliphatic heterocycles. The van der Waals surface area contributed by atoms with E-state index in [9.17, 15) is 4.79 Å². The van der Waals surface area contributed by atoms with Crippen molar-refractivity contribution in [3.63, 3.8) is 0 Å². The van der Waals surface area contributed by atoms with E-state index in [-0.39, 0.29) is 17.5 Å². The summed E-state index contributed by atoms with van der Waals surface area (Å²) in [6, 6.07) is 0. The van der Waals surface area contributed by atoms with E-state index < -0.39 is 0 Å². The molecule has 2 bridgehead atoms. The Balaban J connectivity index is 1.99. The van der Waals surface area contributed by atoms with E-state index in [0.29, 0.717) is 22.4 Å². The fourth-order valence-corrected chi connectivity index (χ4v) is 4.27. The van der Waals surface area contributed by atoms with Crippen LogP contribution in [-0.4, -0.2) is 43.7 Å². The molecule has 2 aliphatic rings. The number of hydrogen-bond donors (Lipinski definition) is 0. The van der Waals surface area contributed by atoms with Gasteiger partial charge in [-0.15, -0.1) is 0 Å². The van der Waals surface area contributed by atoms with Crippen LogP contribution < -0.4 is 0 Å². The quantitative estimate of drug-likeness (QED) is 0.439. The molecule has 2 rings (SSSR count).